The van der Waals surface area contributed by atoms with E-state index in [1.807, 2.05) is 0 Å². The number of nitro groups is 1. The van der Waals surface area contributed by atoms with E-state index in [4.69, 9.17) is 23.2 Å². The number of benzene rings is 2. The third kappa shape index (κ3) is 3.62. The molecule has 0 atom stereocenters. The number of carbonyl (C=O) groups is 1. The Bertz CT molecular complexity index is 958. The van der Waals surface area contributed by atoms with Crippen molar-refractivity contribution in [3.63, 3.8) is 0 Å². The number of aromatic nitrogens is 2. The Balaban J connectivity index is 1.91. The van der Waals surface area contributed by atoms with Gasteiger partial charge in [0.1, 0.15) is 5.69 Å². The molecule has 1 amide bonds. The molecule has 0 bridgehead atoms. The molecule has 0 radical (unpaired) electrons. The van der Waals surface area contributed by atoms with E-state index in [9.17, 15) is 14.9 Å². The topological polar surface area (TPSA) is 90.1 Å². The van der Waals surface area contributed by atoms with Crippen LogP contribution in [-0.2, 0) is 0 Å². The molecule has 0 aliphatic heterocycles. The van der Waals surface area contributed by atoms with E-state index in [0.717, 1.165) is 0 Å². The molecule has 7 nitrogen and oxygen atoms in total. The third-order valence-corrected chi connectivity index (χ3v) is 4.13. The number of nitro benzene ring substituents is 1. The van der Waals surface area contributed by atoms with Crippen LogP contribution in [0.15, 0.2) is 55.1 Å². The minimum atomic E-state index is -0.550. The van der Waals surface area contributed by atoms with Crippen LogP contribution in [0, 0.1) is 10.1 Å². The van der Waals surface area contributed by atoms with E-state index in [2.05, 4.69) is 10.3 Å². The van der Waals surface area contributed by atoms with Gasteiger partial charge in [0.2, 0.25) is 0 Å². The van der Waals surface area contributed by atoms with Gasteiger partial charge in [-0.2, -0.15) is 0 Å². The Hall–Kier alpha value is -2.90. The monoisotopic (exact) mass is 376 g/mol. The van der Waals surface area contributed by atoms with Crippen LogP contribution in [-0.4, -0.2) is 20.4 Å². The third-order valence-electron chi connectivity index (χ3n) is 3.39. The van der Waals surface area contributed by atoms with Gasteiger partial charge >= 0.3 is 0 Å². The molecule has 0 unspecified atom stereocenters. The Morgan fingerprint density at radius 1 is 1.16 bits per heavy atom. The number of hydrogen-bond acceptors (Lipinski definition) is 4. The first kappa shape index (κ1) is 16.9. The molecule has 3 rings (SSSR count). The summed E-state index contributed by atoms with van der Waals surface area (Å²) in [6.07, 6.45) is 4.53. The lowest BCUT2D eigenvalue weighted by atomic mass is 10.1. The molecule has 0 spiro atoms. The zero-order valence-corrected chi connectivity index (χ0v) is 14.0. The summed E-state index contributed by atoms with van der Waals surface area (Å²) < 4.78 is 1.50. The van der Waals surface area contributed by atoms with Crippen molar-refractivity contribution in [3.8, 4) is 5.69 Å². The summed E-state index contributed by atoms with van der Waals surface area (Å²) >= 11 is 11.7. The van der Waals surface area contributed by atoms with Crippen molar-refractivity contribution < 1.29 is 9.72 Å². The molecule has 1 heterocycles. The Morgan fingerprint density at radius 3 is 2.60 bits per heavy atom. The van der Waals surface area contributed by atoms with Gasteiger partial charge in [-0.3, -0.25) is 14.9 Å². The molecule has 25 heavy (non-hydrogen) atoms. The van der Waals surface area contributed by atoms with Gasteiger partial charge in [-0.1, -0.05) is 23.2 Å². The van der Waals surface area contributed by atoms with Crippen LogP contribution >= 0.6 is 23.2 Å². The van der Waals surface area contributed by atoms with E-state index in [-0.39, 0.29) is 11.3 Å². The maximum Gasteiger partial charge on any atom is 0.294 e. The molecule has 126 valence electrons. The standard InChI is InChI=1S/C16H10Cl2N4O3/c17-12-3-2-11(8-13(12)18)20-16(23)10-1-4-14(15(7-10)22(24)25)21-6-5-19-9-21/h1-9H,(H,20,23). The molecule has 0 aliphatic carbocycles. The lowest BCUT2D eigenvalue weighted by Crippen LogP contribution is -2.12. The Labute approximate surface area is 152 Å². The number of imidazole rings is 1. The van der Waals surface area contributed by atoms with E-state index < -0.39 is 10.8 Å². The molecule has 1 aromatic heterocycles. The van der Waals surface area contributed by atoms with Crippen molar-refractivity contribution in [3.05, 3.63) is 80.8 Å². The SMILES string of the molecule is O=C(Nc1ccc(Cl)c(Cl)c1)c1ccc(-n2ccnc2)c([N+](=O)[O-])c1. The van der Waals surface area contributed by atoms with E-state index in [1.165, 1.54) is 41.4 Å². The maximum absolute atomic E-state index is 12.4. The van der Waals surface area contributed by atoms with Crippen molar-refractivity contribution in [2.45, 2.75) is 0 Å². The lowest BCUT2D eigenvalue weighted by Gasteiger charge is -2.08. The minimum Gasteiger partial charge on any atom is -0.322 e. The van der Waals surface area contributed by atoms with Crippen LogP contribution in [0.1, 0.15) is 10.4 Å². The zero-order valence-electron chi connectivity index (χ0n) is 12.5. The largest absolute Gasteiger partial charge is 0.322 e. The highest BCUT2D eigenvalue weighted by molar-refractivity contribution is 6.42. The van der Waals surface area contributed by atoms with Gasteiger partial charge in [0.25, 0.3) is 11.6 Å². The Morgan fingerprint density at radius 2 is 1.96 bits per heavy atom. The second kappa shape index (κ2) is 6.92. The molecular weight excluding hydrogens is 367 g/mol. The molecule has 0 fully saturated rings. The van der Waals surface area contributed by atoms with Gasteiger partial charge in [0, 0.05) is 29.7 Å². The molecule has 0 aliphatic rings. The summed E-state index contributed by atoms with van der Waals surface area (Å²) in [5, 5.41) is 14.6. The first-order valence-corrected chi connectivity index (χ1v) is 7.74. The van der Waals surface area contributed by atoms with Crippen molar-refractivity contribution >= 4 is 40.5 Å². The molecule has 0 saturated heterocycles. The lowest BCUT2D eigenvalue weighted by molar-refractivity contribution is -0.384. The minimum absolute atomic E-state index is 0.140. The van der Waals surface area contributed by atoms with Crippen LogP contribution in [0.4, 0.5) is 11.4 Å². The predicted octanol–water partition coefficient (Wildman–Crippen LogP) is 4.34. The van der Waals surface area contributed by atoms with Crippen molar-refractivity contribution in [2.24, 2.45) is 0 Å². The smallest absolute Gasteiger partial charge is 0.294 e. The average molecular weight is 377 g/mol. The number of rotatable bonds is 4. The van der Waals surface area contributed by atoms with Gasteiger partial charge in [-0.25, -0.2) is 4.98 Å². The first-order chi connectivity index (χ1) is 12.0. The maximum atomic E-state index is 12.4. The number of nitrogens with zero attached hydrogens (tertiary/aromatic N) is 3. The fourth-order valence-corrected chi connectivity index (χ4v) is 2.51. The number of anilines is 1. The molecule has 1 N–H and O–H groups in total. The molecular formula is C16H10Cl2N4O3. The number of halogens is 2. The number of nitrogens with one attached hydrogen (secondary N) is 1. The fraction of sp³-hybridized carbons (Fsp3) is 0. The molecule has 3 aromatic rings. The number of carbonyl (C=O) groups excluding carboxylic acids is 1. The highest BCUT2D eigenvalue weighted by atomic mass is 35.5. The zero-order chi connectivity index (χ0) is 18.0. The first-order valence-electron chi connectivity index (χ1n) is 6.99. The van der Waals surface area contributed by atoms with Crippen molar-refractivity contribution in [2.75, 3.05) is 5.32 Å². The van der Waals surface area contributed by atoms with Crippen LogP contribution in [0.3, 0.4) is 0 Å². The van der Waals surface area contributed by atoms with Gasteiger partial charge in [-0.15, -0.1) is 0 Å². The van der Waals surface area contributed by atoms with E-state index in [1.54, 1.807) is 18.3 Å². The van der Waals surface area contributed by atoms with Crippen LogP contribution in [0.2, 0.25) is 10.0 Å². The molecule has 0 saturated carbocycles. The number of amides is 1. The van der Waals surface area contributed by atoms with E-state index >= 15 is 0 Å². The fourth-order valence-electron chi connectivity index (χ4n) is 2.21. The van der Waals surface area contributed by atoms with Gasteiger partial charge in [-0.05, 0) is 30.3 Å². The van der Waals surface area contributed by atoms with Gasteiger partial charge in [0.15, 0.2) is 0 Å². The Kier molecular flexibility index (Phi) is 4.69. The highest BCUT2D eigenvalue weighted by Crippen LogP contribution is 2.27. The number of hydrogen-bond donors (Lipinski definition) is 1. The van der Waals surface area contributed by atoms with Gasteiger partial charge < -0.3 is 9.88 Å². The molecule has 2 aromatic carbocycles. The van der Waals surface area contributed by atoms with Crippen molar-refractivity contribution in [1.29, 1.82) is 0 Å². The summed E-state index contributed by atoms with van der Waals surface area (Å²) in [5.74, 6) is -0.501. The normalized spacial score (nSPS) is 10.5. The van der Waals surface area contributed by atoms with Crippen molar-refractivity contribution in [1.82, 2.24) is 9.55 Å². The van der Waals surface area contributed by atoms with Gasteiger partial charge in [0.05, 0.1) is 21.3 Å². The molecule has 9 heteroatoms. The highest BCUT2D eigenvalue weighted by Gasteiger charge is 2.19. The second-order valence-electron chi connectivity index (χ2n) is 5.01. The second-order valence-corrected chi connectivity index (χ2v) is 5.83. The summed E-state index contributed by atoms with van der Waals surface area (Å²) in [7, 11) is 0. The average Bonchev–Trinajstić information content (AvgIpc) is 3.12. The quantitative estimate of drug-likeness (QED) is 0.541. The summed E-state index contributed by atoms with van der Waals surface area (Å²) in [6.45, 7) is 0. The van der Waals surface area contributed by atoms with Crippen LogP contribution in [0.5, 0.6) is 0 Å². The summed E-state index contributed by atoms with van der Waals surface area (Å²) in [6, 6.07) is 8.82. The van der Waals surface area contributed by atoms with Crippen LogP contribution in [0.25, 0.3) is 5.69 Å². The summed E-state index contributed by atoms with van der Waals surface area (Å²) in [4.78, 5) is 27.0. The summed E-state index contributed by atoms with van der Waals surface area (Å²) in [5.41, 5.74) is 0.677. The van der Waals surface area contributed by atoms with E-state index in [0.29, 0.717) is 21.4 Å². The van der Waals surface area contributed by atoms with Crippen LogP contribution < -0.4 is 5.32 Å². The predicted molar refractivity (Wildman–Crippen MR) is 94.6 cm³/mol.